The van der Waals surface area contributed by atoms with E-state index < -0.39 is 82.6 Å². The van der Waals surface area contributed by atoms with Crippen LogP contribution in [0.2, 0.25) is 0 Å². The molecule has 0 bridgehead atoms. The van der Waals surface area contributed by atoms with Crippen molar-refractivity contribution in [3.63, 3.8) is 0 Å². The van der Waals surface area contributed by atoms with Crippen molar-refractivity contribution >= 4 is 17.3 Å². The molecule has 38 heavy (non-hydrogen) atoms. The standard InChI is InChI=1S/C27H29NO10/c1-10-22(30)14(28)7-17(37-10)38-16-9-27(35,11(2)29)8-13-19(16)26(34)21-20(24(13)32)23(31)12-5-4-6-15(36-3)18(12)25(21)33/h4-6,10,14,16-17,22,30,32,34-35H,7-9,28H2,1-3H3/t10-,14?,16-,17+,22?,27-/m0/s1. The van der Waals surface area contributed by atoms with Crippen LogP contribution in [0.25, 0.3) is 0 Å². The predicted molar refractivity (Wildman–Crippen MR) is 130 cm³/mol. The number of rotatable bonds is 4. The molecule has 5 rings (SSSR count). The minimum Gasteiger partial charge on any atom is -0.507 e. The third-order valence-corrected chi connectivity index (χ3v) is 7.80. The molecule has 0 amide bonds. The first-order valence-corrected chi connectivity index (χ1v) is 12.2. The summed E-state index contributed by atoms with van der Waals surface area (Å²) < 4.78 is 17.1. The average Bonchev–Trinajstić information content (AvgIpc) is 2.87. The fourth-order valence-electron chi connectivity index (χ4n) is 5.66. The first-order valence-electron chi connectivity index (χ1n) is 12.2. The number of Topliss-reactive ketones (excluding diaryl/α,β-unsaturated/α-hetero) is 1. The number of phenols is 2. The fourth-order valence-corrected chi connectivity index (χ4v) is 5.66. The molecule has 6 N–H and O–H groups in total. The van der Waals surface area contributed by atoms with Gasteiger partial charge < -0.3 is 40.4 Å². The summed E-state index contributed by atoms with van der Waals surface area (Å²) in [5, 5.41) is 44.1. The zero-order valence-electron chi connectivity index (χ0n) is 21.1. The number of methoxy groups -OCH3 is 1. The Labute approximate surface area is 217 Å². The van der Waals surface area contributed by atoms with Crippen LogP contribution in [-0.4, -0.2) is 75.0 Å². The van der Waals surface area contributed by atoms with E-state index in [9.17, 15) is 34.8 Å². The summed E-state index contributed by atoms with van der Waals surface area (Å²) in [6.07, 6.45) is -4.53. The third kappa shape index (κ3) is 3.81. The van der Waals surface area contributed by atoms with Crippen LogP contribution in [-0.2, 0) is 20.7 Å². The van der Waals surface area contributed by atoms with Crippen molar-refractivity contribution in [2.45, 2.75) is 69.4 Å². The molecule has 2 aliphatic carbocycles. The van der Waals surface area contributed by atoms with Gasteiger partial charge in [-0.3, -0.25) is 14.4 Å². The zero-order chi connectivity index (χ0) is 27.7. The van der Waals surface area contributed by atoms with Gasteiger partial charge in [0.05, 0.1) is 42.1 Å². The van der Waals surface area contributed by atoms with Gasteiger partial charge in [-0.25, -0.2) is 0 Å². The number of carbonyl (C=O) groups is 3. The van der Waals surface area contributed by atoms with E-state index in [1.807, 2.05) is 0 Å². The van der Waals surface area contributed by atoms with Gasteiger partial charge in [-0.1, -0.05) is 12.1 Å². The number of ketones is 3. The second kappa shape index (κ2) is 9.14. The van der Waals surface area contributed by atoms with Gasteiger partial charge in [-0.05, 0) is 19.9 Å². The van der Waals surface area contributed by atoms with Crippen LogP contribution in [0.3, 0.4) is 0 Å². The van der Waals surface area contributed by atoms with E-state index in [2.05, 4.69) is 0 Å². The highest BCUT2D eigenvalue weighted by Crippen LogP contribution is 2.52. The molecule has 6 atom stereocenters. The van der Waals surface area contributed by atoms with Crippen molar-refractivity contribution in [2.75, 3.05) is 7.11 Å². The van der Waals surface area contributed by atoms with Gasteiger partial charge in [0.15, 0.2) is 17.9 Å². The number of hydrogen-bond acceptors (Lipinski definition) is 11. The average molecular weight is 528 g/mol. The van der Waals surface area contributed by atoms with Crippen LogP contribution < -0.4 is 10.5 Å². The molecule has 0 aromatic heterocycles. The van der Waals surface area contributed by atoms with E-state index in [1.54, 1.807) is 6.92 Å². The molecule has 2 unspecified atom stereocenters. The van der Waals surface area contributed by atoms with Crippen LogP contribution in [0, 0.1) is 0 Å². The van der Waals surface area contributed by atoms with Crippen LogP contribution in [0.5, 0.6) is 17.2 Å². The largest absolute Gasteiger partial charge is 0.507 e. The summed E-state index contributed by atoms with van der Waals surface area (Å²) in [6, 6.07) is 3.75. The maximum Gasteiger partial charge on any atom is 0.202 e. The number of aliphatic hydroxyl groups is 2. The summed E-state index contributed by atoms with van der Waals surface area (Å²) in [7, 11) is 1.34. The van der Waals surface area contributed by atoms with Gasteiger partial charge in [0.1, 0.15) is 22.8 Å². The number of phenolic OH excluding ortho intramolecular Hbond substituents is 2. The number of carbonyl (C=O) groups excluding carboxylic acids is 3. The molecule has 202 valence electrons. The highest BCUT2D eigenvalue weighted by atomic mass is 16.7. The van der Waals surface area contributed by atoms with E-state index in [0.717, 1.165) is 0 Å². The fraction of sp³-hybridized carbons (Fsp3) is 0.444. The molecule has 2 aromatic rings. The Morgan fingerprint density at radius 2 is 1.82 bits per heavy atom. The van der Waals surface area contributed by atoms with E-state index >= 15 is 0 Å². The Bertz CT molecular complexity index is 1360. The Morgan fingerprint density at radius 1 is 1.13 bits per heavy atom. The summed E-state index contributed by atoms with van der Waals surface area (Å²) in [5.74, 6) is -3.18. The minimum absolute atomic E-state index is 0.0147. The molecule has 1 fully saturated rings. The maximum absolute atomic E-state index is 13.6. The van der Waals surface area contributed by atoms with Crippen molar-refractivity contribution in [2.24, 2.45) is 5.73 Å². The minimum atomic E-state index is -2.00. The first-order chi connectivity index (χ1) is 17.9. The van der Waals surface area contributed by atoms with Gasteiger partial charge >= 0.3 is 0 Å². The number of nitrogens with two attached hydrogens (primary N) is 1. The second-order valence-electron chi connectivity index (χ2n) is 10.1. The Balaban J connectivity index is 1.68. The number of hydrogen-bond donors (Lipinski definition) is 5. The van der Waals surface area contributed by atoms with E-state index in [1.165, 1.54) is 32.2 Å². The molecule has 1 heterocycles. The van der Waals surface area contributed by atoms with E-state index in [0.29, 0.717) is 0 Å². The lowest BCUT2D eigenvalue weighted by atomic mass is 9.72. The van der Waals surface area contributed by atoms with Crippen molar-refractivity contribution in [3.8, 4) is 17.2 Å². The summed E-state index contributed by atoms with van der Waals surface area (Å²) in [5.41, 5.74) is 2.97. The number of aromatic hydroxyl groups is 2. The van der Waals surface area contributed by atoms with E-state index in [4.69, 9.17) is 19.9 Å². The predicted octanol–water partition coefficient (Wildman–Crippen LogP) is 1.03. The smallest absolute Gasteiger partial charge is 0.202 e. The monoisotopic (exact) mass is 527 g/mol. The number of aliphatic hydroxyl groups excluding tert-OH is 1. The Hall–Kier alpha value is -3.35. The Kier molecular flexibility index (Phi) is 6.32. The van der Waals surface area contributed by atoms with Gasteiger partial charge in [0.25, 0.3) is 0 Å². The van der Waals surface area contributed by atoms with E-state index in [-0.39, 0.29) is 40.8 Å². The van der Waals surface area contributed by atoms with Gasteiger partial charge in [-0.2, -0.15) is 0 Å². The van der Waals surface area contributed by atoms with Crippen LogP contribution in [0.4, 0.5) is 0 Å². The molecule has 2 aromatic carbocycles. The normalized spacial score (nSPS) is 30.3. The number of benzene rings is 2. The number of ether oxygens (including phenoxy) is 3. The zero-order valence-corrected chi connectivity index (χ0v) is 21.1. The van der Waals surface area contributed by atoms with Gasteiger partial charge in [0, 0.05) is 42.0 Å². The van der Waals surface area contributed by atoms with Gasteiger partial charge in [-0.15, -0.1) is 0 Å². The molecular weight excluding hydrogens is 498 g/mol. The highest BCUT2D eigenvalue weighted by molar-refractivity contribution is 6.31. The van der Waals surface area contributed by atoms with Crippen molar-refractivity contribution in [3.05, 3.63) is 51.6 Å². The quantitative estimate of drug-likeness (QED) is 0.305. The highest BCUT2D eigenvalue weighted by Gasteiger charge is 2.49. The second-order valence-corrected chi connectivity index (χ2v) is 10.1. The van der Waals surface area contributed by atoms with Crippen LogP contribution >= 0.6 is 0 Å². The Morgan fingerprint density at radius 3 is 2.45 bits per heavy atom. The molecule has 0 spiro atoms. The van der Waals surface area contributed by atoms with Crippen LogP contribution in [0.1, 0.15) is 75.8 Å². The molecular formula is C27H29NO10. The lowest BCUT2D eigenvalue weighted by Crippen LogP contribution is -2.52. The molecule has 1 saturated heterocycles. The van der Waals surface area contributed by atoms with Crippen LogP contribution in [0.15, 0.2) is 18.2 Å². The SMILES string of the molecule is COc1cccc2c1C(=O)c1c(O)c3c(c(O)c1C2=O)C[C@@](O)(C(C)=O)C[C@@H]3O[C@@H]1CC(N)C(O)[C@H](C)O1. The number of fused-ring (bicyclic) bond motifs is 3. The molecule has 3 aliphatic rings. The summed E-state index contributed by atoms with van der Waals surface area (Å²) in [4.78, 5) is 39.6. The molecule has 11 nitrogen and oxygen atoms in total. The van der Waals surface area contributed by atoms with Crippen molar-refractivity contribution in [1.29, 1.82) is 0 Å². The maximum atomic E-state index is 13.6. The lowest BCUT2D eigenvalue weighted by molar-refractivity contribution is -0.247. The first kappa shape index (κ1) is 26.3. The lowest BCUT2D eigenvalue weighted by Gasteiger charge is -2.42. The third-order valence-electron chi connectivity index (χ3n) is 7.80. The van der Waals surface area contributed by atoms with Crippen molar-refractivity contribution < 1.29 is 49.0 Å². The summed E-state index contributed by atoms with van der Waals surface area (Å²) in [6.45, 7) is 2.79. The molecule has 11 heteroatoms. The summed E-state index contributed by atoms with van der Waals surface area (Å²) >= 11 is 0. The molecule has 1 aliphatic heterocycles. The molecule has 0 radical (unpaired) electrons. The van der Waals surface area contributed by atoms with Gasteiger partial charge in [0.2, 0.25) is 5.78 Å². The van der Waals surface area contributed by atoms with Crippen molar-refractivity contribution in [1.82, 2.24) is 0 Å². The molecule has 0 saturated carbocycles. The topological polar surface area (TPSA) is 186 Å².